The molecule has 0 N–H and O–H groups in total. The van der Waals surface area contributed by atoms with Gasteiger partial charge in [0.2, 0.25) is 6.19 Å². The smallest absolute Gasteiger partial charge is 0.251 e. The van der Waals surface area contributed by atoms with E-state index in [9.17, 15) is 35.9 Å². The van der Waals surface area contributed by atoms with Crippen LogP contribution in [-0.4, -0.2) is 44.9 Å². The van der Waals surface area contributed by atoms with Crippen LogP contribution in [0.5, 0.6) is 0 Å². The number of nitrogens with zero attached hydrogens (tertiary/aromatic N) is 4. The van der Waals surface area contributed by atoms with Gasteiger partial charge in [0.05, 0.1) is 0 Å². The van der Waals surface area contributed by atoms with E-state index in [2.05, 4.69) is 14.3 Å². The molecule has 0 radical (unpaired) electrons. The van der Waals surface area contributed by atoms with E-state index in [-0.39, 0.29) is 16.6 Å². The summed E-state index contributed by atoms with van der Waals surface area (Å²) in [4.78, 5) is 28.6. The fourth-order valence-corrected chi connectivity index (χ4v) is 10.1. The molecule has 2 saturated heterocycles. The summed E-state index contributed by atoms with van der Waals surface area (Å²) in [5, 5.41) is 8.46. The zero-order valence-corrected chi connectivity index (χ0v) is 29.4. The third kappa shape index (κ3) is 13.0. The minimum atomic E-state index is -4.39. The molecule has 2 aromatic heterocycles. The molecule has 0 saturated carbocycles. The maximum absolute atomic E-state index is 12.3. The van der Waals surface area contributed by atoms with Crippen LogP contribution in [-0.2, 0) is 38.8 Å². The first-order valence-corrected chi connectivity index (χ1v) is 19.7. The molecule has 2 aliphatic heterocycles. The minimum absolute atomic E-state index is 0.167. The number of hydrogen-bond donors (Lipinski definition) is 0. The molecule has 0 bridgehead atoms. The summed E-state index contributed by atoms with van der Waals surface area (Å²) in [6, 6.07) is 14.1. The van der Waals surface area contributed by atoms with Crippen molar-refractivity contribution in [1.82, 2.24) is 9.97 Å². The first-order valence-electron chi connectivity index (χ1n) is 14.2. The predicted molar refractivity (Wildman–Crippen MR) is 178 cm³/mol. The van der Waals surface area contributed by atoms with Gasteiger partial charge in [-0.05, 0) is 53.7 Å². The third-order valence-electron chi connectivity index (χ3n) is 6.56. The van der Waals surface area contributed by atoms with Crippen LogP contribution in [0.1, 0.15) is 61.0 Å². The van der Waals surface area contributed by atoms with E-state index in [1.54, 1.807) is 24.4 Å². The van der Waals surface area contributed by atoms with Crippen LogP contribution in [0.15, 0.2) is 71.4 Å². The van der Waals surface area contributed by atoms with Crippen LogP contribution in [0.2, 0.25) is 0 Å². The Bertz CT molecular complexity index is 1550. The molecule has 5 rings (SSSR count). The molecule has 3 unspecified atom stereocenters. The average molecular weight is 829 g/mol. The van der Waals surface area contributed by atoms with Gasteiger partial charge >= 0.3 is 108 Å². The third-order valence-corrected chi connectivity index (χ3v) is 13.3. The van der Waals surface area contributed by atoms with Gasteiger partial charge < -0.3 is 0 Å². The van der Waals surface area contributed by atoms with E-state index in [1.165, 1.54) is 32.3 Å². The molecule has 3 atom stereocenters. The largest absolute Gasteiger partial charge is 0.433 e. The first kappa shape index (κ1) is 39.2. The summed E-state index contributed by atoms with van der Waals surface area (Å²) in [6.07, 6.45) is -2.41. The predicted octanol–water partition coefficient (Wildman–Crippen LogP) is 8.51. The van der Waals surface area contributed by atoms with Gasteiger partial charge in [0.25, 0.3) is 0 Å². The monoisotopic (exact) mass is 828 g/mol. The molecule has 48 heavy (non-hydrogen) atoms. The number of pyridine rings is 2. The Morgan fingerprint density at radius 1 is 0.875 bits per heavy atom. The van der Waals surface area contributed by atoms with Crippen molar-refractivity contribution in [3.8, 4) is 6.19 Å². The van der Waals surface area contributed by atoms with Crippen LogP contribution in [0, 0.1) is 15.0 Å². The van der Waals surface area contributed by atoms with Gasteiger partial charge in [-0.15, -0.1) is 0 Å². The topological polar surface area (TPSA) is 115 Å². The summed E-state index contributed by atoms with van der Waals surface area (Å²) in [6.45, 7) is 2.60. The molecular formula is C31H31F6IN4O4S2. The summed E-state index contributed by atoms with van der Waals surface area (Å²) in [5.74, 6) is 3.35. The van der Waals surface area contributed by atoms with Crippen molar-refractivity contribution in [3.05, 3.63) is 93.1 Å². The number of carbonyl (C=O) groups is 2. The maximum Gasteiger partial charge on any atom is 0.433 e. The van der Waals surface area contributed by atoms with Gasteiger partial charge in [-0.3, -0.25) is 9.97 Å². The van der Waals surface area contributed by atoms with Gasteiger partial charge in [-0.25, -0.2) is 0 Å². The second kappa shape index (κ2) is 18.5. The maximum atomic E-state index is 12.3. The minimum Gasteiger partial charge on any atom is -0.251 e. The number of aromatic nitrogens is 2. The summed E-state index contributed by atoms with van der Waals surface area (Å²) >= 11 is -0.756. The molecule has 8 nitrogen and oxygen atoms in total. The molecule has 2 aliphatic rings. The van der Waals surface area contributed by atoms with Gasteiger partial charge in [-0.2, -0.15) is 47.7 Å². The second-order valence-electron chi connectivity index (χ2n) is 10.2. The van der Waals surface area contributed by atoms with Crippen LogP contribution in [0.4, 0.5) is 26.3 Å². The van der Waals surface area contributed by atoms with Crippen molar-refractivity contribution in [3.63, 3.8) is 0 Å². The Kier molecular flexibility index (Phi) is 15.1. The van der Waals surface area contributed by atoms with Gasteiger partial charge in [0, 0.05) is 29.7 Å². The van der Waals surface area contributed by atoms with Crippen LogP contribution < -0.4 is 0 Å². The number of benzene rings is 1. The molecule has 3 aromatic rings. The van der Waals surface area contributed by atoms with Gasteiger partial charge in [0.1, 0.15) is 11.4 Å². The van der Waals surface area contributed by atoms with Crippen molar-refractivity contribution in [2.45, 2.75) is 50.9 Å². The number of rotatable bonds is 5. The molecule has 0 spiro atoms. The molecule has 4 heterocycles. The quantitative estimate of drug-likeness (QED) is 0.143. The van der Waals surface area contributed by atoms with E-state index < -0.39 is 56.3 Å². The van der Waals surface area contributed by atoms with Crippen LogP contribution in [0.3, 0.4) is 0 Å². The van der Waals surface area contributed by atoms with E-state index in [0.717, 1.165) is 62.7 Å². The normalized spacial score (nSPS) is 19.1. The Hall–Kier alpha value is -3.24. The van der Waals surface area contributed by atoms with Crippen molar-refractivity contribution in [2.75, 3.05) is 23.0 Å². The SMILES string of the molecule is CC(=O)OI(OC(C)=O)c1ccccc1.FC(F)(F)c1ccc(C2CCSC2)cn1.N#CN=S1CCC(c2ccc(C(F)(F)F)nc2)C1. The molecule has 0 amide bonds. The van der Waals surface area contributed by atoms with Crippen molar-refractivity contribution >= 4 is 55.0 Å². The molecule has 17 heteroatoms. The summed E-state index contributed by atoms with van der Waals surface area (Å²) in [5.41, 5.74) is 0.0426. The standard InChI is InChI=1S/C11H10F3N3S.C10H10F3NS.C10H11IO4/c12-11(13,14)10-2-1-8(5-16-10)9-3-4-18(6-9)17-7-15;11-10(12,13)9-2-1-7(5-14-9)8-3-4-15-6-8;1-8(12)14-11(15-9(2)13)10-6-4-3-5-7-10/h1-2,5,9H,3-4,6H2;1-2,5,8H,3-4,6H2;3-7H,1-2H3. The summed E-state index contributed by atoms with van der Waals surface area (Å²) < 4.78 is 88.3. The van der Waals surface area contributed by atoms with Crippen molar-refractivity contribution in [2.24, 2.45) is 4.36 Å². The Morgan fingerprint density at radius 3 is 1.83 bits per heavy atom. The van der Waals surface area contributed by atoms with E-state index in [4.69, 9.17) is 11.4 Å². The number of nitriles is 1. The zero-order chi connectivity index (χ0) is 35.3. The number of hydrogen-bond acceptors (Lipinski definition) is 9. The Balaban J connectivity index is 0.000000197. The number of halogens is 7. The fourth-order valence-electron chi connectivity index (χ4n) is 4.33. The van der Waals surface area contributed by atoms with E-state index in [1.807, 2.05) is 30.0 Å². The molecular weight excluding hydrogens is 797 g/mol. The number of carbonyl (C=O) groups excluding carboxylic acids is 2. The Labute approximate surface area is 288 Å². The zero-order valence-electron chi connectivity index (χ0n) is 25.6. The molecule has 260 valence electrons. The van der Waals surface area contributed by atoms with Crippen LogP contribution >= 0.6 is 32.4 Å². The molecule has 1 aromatic carbocycles. The van der Waals surface area contributed by atoms with Gasteiger partial charge in [-0.1, -0.05) is 22.8 Å². The average Bonchev–Trinajstić information content (AvgIpc) is 3.74. The van der Waals surface area contributed by atoms with E-state index >= 15 is 0 Å². The first-order chi connectivity index (χ1) is 22.7. The second-order valence-corrected chi connectivity index (χ2v) is 16.5. The fraction of sp³-hybridized carbons (Fsp3) is 0.387. The summed E-state index contributed by atoms with van der Waals surface area (Å²) in [7, 11) is -0.266. The number of thioether (sulfide) groups is 1. The van der Waals surface area contributed by atoms with Crippen molar-refractivity contribution < 1.29 is 42.1 Å². The van der Waals surface area contributed by atoms with Crippen LogP contribution in [0.25, 0.3) is 0 Å². The Morgan fingerprint density at radius 2 is 1.42 bits per heavy atom. The number of alkyl halides is 6. The van der Waals surface area contributed by atoms with Crippen molar-refractivity contribution in [1.29, 1.82) is 5.26 Å². The molecule has 2 fully saturated rings. The van der Waals surface area contributed by atoms with Gasteiger partial charge in [0.15, 0.2) is 0 Å². The van der Waals surface area contributed by atoms with E-state index in [0.29, 0.717) is 5.92 Å². The molecule has 0 aliphatic carbocycles.